The van der Waals surface area contributed by atoms with Crippen molar-refractivity contribution in [1.82, 2.24) is 14.6 Å². The zero-order valence-electron chi connectivity index (χ0n) is 12.4. The highest BCUT2D eigenvalue weighted by molar-refractivity contribution is 5.72. The molecule has 0 bridgehead atoms. The second kappa shape index (κ2) is 5.14. The first-order valence-corrected chi connectivity index (χ1v) is 7.48. The molecule has 0 saturated carbocycles. The molecular weight excluding hydrogens is 282 g/mol. The van der Waals surface area contributed by atoms with Crippen LogP contribution in [0.1, 0.15) is 30.3 Å². The predicted octanol–water partition coefficient (Wildman–Crippen LogP) is 2.69. The molecule has 114 valence electrons. The van der Waals surface area contributed by atoms with E-state index in [1.807, 2.05) is 37.3 Å². The minimum atomic E-state index is -0.319. The molecule has 2 aromatic heterocycles. The van der Waals surface area contributed by atoms with Gasteiger partial charge in [0, 0.05) is 12.6 Å². The van der Waals surface area contributed by atoms with Crippen molar-refractivity contribution in [3.63, 3.8) is 0 Å². The Hall–Kier alpha value is -2.34. The lowest BCUT2D eigenvalue weighted by molar-refractivity contribution is 0.169. The van der Waals surface area contributed by atoms with Crippen molar-refractivity contribution < 1.29 is 8.94 Å². The van der Waals surface area contributed by atoms with Gasteiger partial charge >= 0.3 is 5.76 Å². The highest BCUT2D eigenvalue weighted by Crippen LogP contribution is 2.32. The second-order valence-electron chi connectivity index (χ2n) is 5.75. The van der Waals surface area contributed by atoms with Gasteiger partial charge in [-0.15, -0.1) is 0 Å². The molecule has 1 fully saturated rings. The van der Waals surface area contributed by atoms with Gasteiger partial charge in [0.05, 0.1) is 23.9 Å². The Labute approximate surface area is 126 Å². The van der Waals surface area contributed by atoms with Crippen molar-refractivity contribution in [1.29, 1.82) is 0 Å². The molecular formula is C16H17N3O3. The van der Waals surface area contributed by atoms with E-state index in [4.69, 9.17) is 8.94 Å². The van der Waals surface area contributed by atoms with Crippen molar-refractivity contribution in [2.45, 2.75) is 32.5 Å². The molecule has 0 amide bonds. The van der Waals surface area contributed by atoms with Crippen LogP contribution in [0.3, 0.4) is 0 Å². The molecule has 22 heavy (non-hydrogen) atoms. The molecule has 3 aromatic rings. The number of rotatable bonds is 3. The summed E-state index contributed by atoms with van der Waals surface area (Å²) in [5.74, 6) is 0.552. The molecule has 1 aliphatic heterocycles. The Morgan fingerprint density at radius 2 is 2.23 bits per heavy atom. The van der Waals surface area contributed by atoms with Gasteiger partial charge in [0.1, 0.15) is 0 Å². The fourth-order valence-corrected chi connectivity index (χ4v) is 3.19. The summed E-state index contributed by atoms with van der Waals surface area (Å²) in [5, 5.41) is 3.97. The van der Waals surface area contributed by atoms with Crippen molar-refractivity contribution in [2.75, 3.05) is 6.54 Å². The van der Waals surface area contributed by atoms with E-state index in [9.17, 15) is 4.79 Å². The molecule has 6 heteroatoms. The average molecular weight is 299 g/mol. The quantitative estimate of drug-likeness (QED) is 0.744. The highest BCUT2D eigenvalue weighted by Gasteiger charge is 2.30. The third kappa shape index (κ3) is 2.16. The van der Waals surface area contributed by atoms with Crippen molar-refractivity contribution >= 4 is 11.1 Å². The maximum atomic E-state index is 12.1. The smallest absolute Gasteiger partial charge is 0.408 e. The Balaban J connectivity index is 1.67. The Kier molecular flexibility index (Phi) is 3.11. The molecule has 4 rings (SSSR count). The lowest BCUT2D eigenvalue weighted by Crippen LogP contribution is -2.30. The van der Waals surface area contributed by atoms with Crippen LogP contribution in [0.2, 0.25) is 0 Å². The van der Waals surface area contributed by atoms with E-state index in [1.165, 1.54) is 0 Å². The number of nitrogens with zero attached hydrogens (tertiary/aromatic N) is 3. The van der Waals surface area contributed by atoms with Crippen LogP contribution in [-0.4, -0.2) is 21.2 Å². The molecule has 0 N–H and O–H groups in total. The van der Waals surface area contributed by atoms with E-state index in [2.05, 4.69) is 10.1 Å². The zero-order valence-corrected chi connectivity index (χ0v) is 12.4. The second-order valence-corrected chi connectivity index (χ2v) is 5.75. The van der Waals surface area contributed by atoms with Gasteiger partial charge in [-0.1, -0.05) is 17.3 Å². The van der Waals surface area contributed by atoms with Crippen molar-refractivity contribution in [3.8, 4) is 0 Å². The number of para-hydroxylation sites is 2. The van der Waals surface area contributed by atoms with E-state index in [1.54, 1.807) is 4.57 Å². The third-order valence-corrected chi connectivity index (χ3v) is 4.24. The van der Waals surface area contributed by atoms with Gasteiger partial charge in [-0.2, -0.15) is 0 Å². The molecule has 1 saturated heterocycles. The number of aryl methyl sites for hydroxylation is 1. The molecule has 1 aromatic carbocycles. The summed E-state index contributed by atoms with van der Waals surface area (Å²) in [6.45, 7) is 3.34. The summed E-state index contributed by atoms with van der Waals surface area (Å²) >= 11 is 0. The number of aromatic nitrogens is 2. The van der Waals surface area contributed by atoms with Gasteiger partial charge < -0.3 is 8.94 Å². The van der Waals surface area contributed by atoms with Crippen LogP contribution in [0.15, 0.2) is 44.1 Å². The summed E-state index contributed by atoms with van der Waals surface area (Å²) in [5.41, 5.74) is 2.33. The first-order valence-electron chi connectivity index (χ1n) is 7.48. The van der Waals surface area contributed by atoms with E-state index in [-0.39, 0.29) is 11.8 Å². The van der Waals surface area contributed by atoms with E-state index in [0.29, 0.717) is 12.3 Å². The van der Waals surface area contributed by atoms with Gasteiger partial charge in [0.2, 0.25) is 0 Å². The summed E-state index contributed by atoms with van der Waals surface area (Å²) in [7, 11) is 0. The molecule has 0 radical (unpaired) electrons. The van der Waals surface area contributed by atoms with E-state index in [0.717, 1.165) is 36.4 Å². The SMILES string of the molecule is Cc1cc([C@H]2CCCN2Cn2c(=O)oc3ccccc32)on1. The summed E-state index contributed by atoms with van der Waals surface area (Å²) < 4.78 is 12.4. The number of hydrogen-bond acceptors (Lipinski definition) is 5. The summed E-state index contributed by atoms with van der Waals surface area (Å²) in [4.78, 5) is 14.3. The molecule has 0 aliphatic carbocycles. The van der Waals surface area contributed by atoms with E-state index < -0.39 is 0 Å². The molecule has 0 spiro atoms. The normalized spacial score (nSPS) is 19.2. The fourth-order valence-electron chi connectivity index (χ4n) is 3.19. The summed E-state index contributed by atoms with van der Waals surface area (Å²) in [6.07, 6.45) is 2.09. The molecule has 1 atom stereocenters. The minimum absolute atomic E-state index is 0.168. The maximum absolute atomic E-state index is 12.1. The number of benzene rings is 1. The lowest BCUT2D eigenvalue weighted by Gasteiger charge is -2.22. The average Bonchev–Trinajstić information content (AvgIpc) is 3.20. The lowest BCUT2D eigenvalue weighted by atomic mass is 10.1. The van der Waals surface area contributed by atoms with Crippen LogP contribution in [0.25, 0.3) is 11.1 Å². The molecule has 1 aliphatic rings. The first kappa shape index (κ1) is 13.3. The summed E-state index contributed by atoms with van der Waals surface area (Å²) in [6, 6.07) is 9.64. The maximum Gasteiger partial charge on any atom is 0.421 e. The van der Waals surface area contributed by atoms with Crippen molar-refractivity contribution in [3.05, 3.63) is 52.3 Å². The van der Waals surface area contributed by atoms with Crippen LogP contribution in [0.4, 0.5) is 0 Å². The van der Waals surface area contributed by atoms with Gasteiger partial charge in [-0.05, 0) is 31.9 Å². The largest absolute Gasteiger partial charge is 0.421 e. The molecule has 3 heterocycles. The Morgan fingerprint density at radius 3 is 3.05 bits per heavy atom. The van der Waals surface area contributed by atoms with Crippen LogP contribution in [0.5, 0.6) is 0 Å². The number of likely N-dealkylation sites (tertiary alicyclic amines) is 1. The van der Waals surface area contributed by atoms with Crippen LogP contribution < -0.4 is 5.76 Å². The van der Waals surface area contributed by atoms with Gasteiger partial charge in [-0.25, -0.2) is 4.79 Å². The standard InChI is InChI=1S/C16H17N3O3/c1-11-9-15(22-17-11)12-6-4-8-18(12)10-19-13-5-2-3-7-14(13)21-16(19)20/h2-3,5,7,9,12H,4,6,8,10H2,1H3/t12-/m1/s1. The van der Waals surface area contributed by atoms with Gasteiger partial charge in [0.25, 0.3) is 0 Å². The van der Waals surface area contributed by atoms with Crippen LogP contribution in [-0.2, 0) is 6.67 Å². The fraction of sp³-hybridized carbons (Fsp3) is 0.375. The highest BCUT2D eigenvalue weighted by atomic mass is 16.5. The Morgan fingerprint density at radius 1 is 1.36 bits per heavy atom. The number of fused-ring (bicyclic) bond motifs is 1. The monoisotopic (exact) mass is 299 g/mol. The number of oxazole rings is 1. The topological polar surface area (TPSA) is 64.4 Å². The number of hydrogen-bond donors (Lipinski definition) is 0. The zero-order chi connectivity index (χ0) is 15.1. The third-order valence-electron chi connectivity index (χ3n) is 4.24. The Bertz CT molecular complexity index is 861. The van der Waals surface area contributed by atoms with Crippen LogP contribution in [0, 0.1) is 6.92 Å². The van der Waals surface area contributed by atoms with E-state index >= 15 is 0 Å². The first-order chi connectivity index (χ1) is 10.7. The predicted molar refractivity (Wildman–Crippen MR) is 80.4 cm³/mol. The molecule has 0 unspecified atom stereocenters. The molecule has 6 nitrogen and oxygen atoms in total. The van der Waals surface area contributed by atoms with Gasteiger partial charge in [0.15, 0.2) is 11.3 Å². The minimum Gasteiger partial charge on any atom is -0.408 e. The van der Waals surface area contributed by atoms with Gasteiger partial charge in [-0.3, -0.25) is 9.47 Å². The van der Waals surface area contributed by atoms with Crippen molar-refractivity contribution in [2.24, 2.45) is 0 Å². The van der Waals surface area contributed by atoms with Crippen LogP contribution >= 0.6 is 0 Å².